The summed E-state index contributed by atoms with van der Waals surface area (Å²) in [4.78, 5) is 38.9. The molecule has 2 aromatic carbocycles. The van der Waals surface area contributed by atoms with E-state index in [1.807, 2.05) is 0 Å². The van der Waals surface area contributed by atoms with Gasteiger partial charge in [-0.05, 0) is 48.9 Å². The molecule has 0 saturated heterocycles. The zero-order chi connectivity index (χ0) is 23.3. The molecule has 0 bridgehead atoms. The molecule has 2 N–H and O–H groups in total. The monoisotopic (exact) mass is 501 g/mol. The van der Waals surface area contributed by atoms with Crippen LogP contribution in [0, 0.1) is 0 Å². The standard InChI is InChI=1S/C23H24BrN3O5/c1-14-19(22(29)32-13-12-31-3)20(26-23(30)27(14)2)15-6-10-18(11-7-15)25-21(28)16-4-8-17(24)9-5-16/h4-11,20H,12-13H2,1-3H3,(H,25,28)(H,26,30). The molecule has 0 fully saturated rings. The highest BCUT2D eigenvalue weighted by molar-refractivity contribution is 9.10. The molecule has 0 aliphatic carbocycles. The molecule has 3 amide bonds. The molecule has 1 unspecified atom stereocenters. The second-order valence-corrected chi connectivity index (χ2v) is 8.07. The lowest BCUT2D eigenvalue weighted by atomic mass is 9.95. The zero-order valence-electron chi connectivity index (χ0n) is 18.0. The number of halogens is 1. The van der Waals surface area contributed by atoms with E-state index in [2.05, 4.69) is 26.6 Å². The van der Waals surface area contributed by atoms with Gasteiger partial charge in [0.25, 0.3) is 5.91 Å². The fourth-order valence-corrected chi connectivity index (χ4v) is 3.47. The molecule has 0 aromatic heterocycles. The first-order valence-electron chi connectivity index (χ1n) is 9.89. The van der Waals surface area contributed by atoms with Crippen LogP contribution in [0.2, 0.25) is 0 Å². The van der Waals surface area contributed by atoms with Crippen LogP contribution in [0.3, 0.4) is 0 Å². The molecule has 2 aromatic rings. The highest BCUT2D eigenvalue weighted by Gasteiger charge is 2.35. The van der Waals surface area contributed by atoms with E-state index in [9.17, 15) is 14.4 Å². The average Bonchev–Trinajstić information content (AvgIpc) is 2.78. The van der Waals surface area contributed by atoms with Crippen LogP contribution in [0.5, 0.6) is 0 Å². The number of allylic oxidation sites excluding steroid dienone is 1. The van der Waals surface area contributed by atoms with Crippen molar-refractivity contribution in [1.82, 2.24) is 10.2 Å². The molecule has 8 nitrogen and oxygen atoms in total. The molecule has 168 valence electrons. The Morgan fingerprint density at radius 3 is 2.38 bits per heavy atom. The lowest BCUT2D eigenvalue weighted by molar-refractivity contribution is -0.140. The van der Waals surface area contributed by atoms with Crippen LogP contribution < -0.4 is 10.6 Å². The summed E-state index contributed by atoms with van der Waals surface area (Å²) in [6, 6.07) is 13.0. The molecule has 9 heteroatoms. The number of benzene rings is 2. The third-order valence-electron chi connectivity index (χ3n) is 5.10. The molecular formula is C23H24BrN3O5. The van der Waals surface area contributed by atoms with Crippen LogP contribution in [-0.2, 0) is 14.3 Å². The van der Waals surface area contributed by atoms with Gasteiger partial charge in [-0.2, -0.15) is 0 Å². The summed E-state index contributed by atoms with van der Waals surface area (Å²) in [6.45, 7) is 2.08. The quantitative estimate of drug-likeness (QED) is 0.443. The Hall–Kier alpha value is -3.17. The van der Waals surface area contributed by atoms with E-state index in [0.717, 1.165) is 4.47 Å². The largest absolute Gasteiger partial charge is 0.460 e. The molecule has 3 rings (SSSR count). The molecular weight excluding hydrogens is 478 g/mol. The number of hydrogen-bond donors (Lipinski definition) is 2. The van der Waals surface area contributed by atoms with Gasteiger partial charge < -0.3 is 25.0 Å². The zero-order valence-corrected chi connectivity index (χ0v) is 19.6. The number of urea groups is 1. The van der Waals surface area contributed by atoms with Crippen LogP contribution in [-0.4, -0.2) is 50.2 Å². The van der Waals surface area contributed by atoms with Crippen LogP contribution >= 0.6 is 15.9 Å². The summed E-state index contributed by atoms with van der Waals surface area (Å²) >= 11 is 3.34. The molecule has 1 atom stereocenters. The first kappa shape index (κ1) is 23.5. The third-order valence-corrected chi connectivity index (χ3v) is 5.63. The topological polar surface area (TPSA) is 97.0 Å². The van der Waals surface area contributed by atoms with E-state index < -0.39 is 12.0 Å². The van der Waals surface area contributed by atoms with Gasteiger partial charge in [0.1, 0.15) is 6.61 Å². The summed E-state index contributed by atoms with van der Waals surface area (Å²) in [7, 11) is 3.11. The summed E-state index contributed by atoms with van der Waals surface area (Å²) in [5.74, 6) is -0.764. The van der Waals surface area contributed by atoms with Crippen LogP contribution in [0.25, 0.3) is 0 Å². The Labute approximate surface area is 194 Å². The van der Waals surface area contributed by atoms with Crippen molar-refractivity contribution in [3.8, 4) is 0 Å². The van der Waals surface area contributed by atoms with Crippen molar-refractivity contribution >= 4 is 39.5 Å². The van der Waals surface area contributed by atoms with Crippen molar-refractivity contribution in [2.75, 3.05) is 32.7 Å². The fraction of sp³-hybridized carbons (Fsp3) is 0.261. The number of rotatable bonds is 7. The molecule has 1 aliphatic heterocycles. The van der Waals surface area contributed by atoms with Gasteiger partial charge >= 0.3 is 12.0 Å². The predicted molar refractivity (Wildman–Crippen MR) is 123 cm³/mol. The van der Waals surface area contributed by atoms with Crippen molar-refractivity contribution in [3.63, 3.8) is 0 Å². The first-order chi connectivity index (χ1) is 15.3. The Morgan fingerprint density at radius 1 is 1.09 bits per heavy atom. The number of ether oxygens (including phenoxy) is 2. The fourth-order valence-electron chi connectivity index (χ4n) is 3.21. The normalized spacial score (nSPS) is 15.9. The second kappa shape index (κ2) is 10.4. The number of esters is 1. The number of carbonyl (C=O) groups excluding carboxylic acids is 3. The first-order valence-corrected chi connectivity index (χ1v) is 10.7. The summed E-state index contributed by atoms with van der Waals surface area (Å²) < 4.78 is 11.1. The van der Waals surface area contributed by atoms with E-state index in [1.54, 1.807) is 62.5 Å². The maximum atomic E-state index is 12.7. The van der Waals surface area contributed by atoms with Gasteiger partial charge in [0.15, 0.2) is 0 Å². The summed E-state index contributed by atoms with van der Waals surface area (Å²) in [5.41, 5.74) is 2.65. The van der Waals surface area contributed by atoms with Gasteiger partial charge in [0.2, 0.25) is 0 Å². The number of methoxy groups -OCH3 is 1. The maximum Gasteiger partial charge on any atom is 0.338 e. The minimum atomic E-state index is -0.676. The van der Waals surface area contributed by atoms with Crippen LogP contribution in [0.1, 0.15) is 28.9 Å². The highest BCUT2D eigenvalue weighted by atomic mass is 79.9. The van der Waals surface area contributed by atoms with Gasteiger partial charge in [0, 0.05) is 35.6 Å². The van der Waals surface area contributed by atoms with E-state index in [-0.39, 0.29) is 25.2 Å². The minimum Gasteiger partial charge on any atom is -0.460 e. The Balaban J connectivity index is 1.80. The van der Waals surface area contributed by atoms with E-state index in [4.69, 9.17) is 9.47 Å². The molecule has 32 heavy (non-hydrogen) atoms. The van der Waals surface area contributed by atoms with Crippen molar-refractivity contribution < 1.29 is 23.9 Å². The number of nitrogens with zero attached hydrogens (tertiary/aromatic N) is 1. The van der Waals surface area contributed by atoms with Crippen LogP contribution in [0.15, 0.2) is 64.3 Å². The van der Waals surface area contributed by atoms with E-state index >= 15 is 0 Å². The van der Waals surface area contributed by atoms with Gasteiger partial charge in [-0.1, -0.05) is 28.1 Å². The van der Waals surface area contributed by atoms with Gasteiger partial charge in [-0.25, -0.2) is 9.59 Å². The summed E-state index contributed by atoms with van der Waals surface area (Å²) in [5, 5.41) is 5.66. The lowest BCUT2D eigenvalue weighted by Crippen LogP contribution is -2.46. The van der Waals surface area contributed by atoms with Gasteiger partial charge in [0.05, 0.1) is 18.2 Å². The van der Waals surface area contributed by atoms with Crippen molar-refractivity contribution in [2.24, 2.45) is 0 Å². The lowest BCUT2D eigenvalue weighted by Gasteiger charge is -2.33. The highest BCUT2D eigenvalue weighted by Crippen LogP contribution is 2.31. The Morgan fingerprint density at radius 2 is 1.75 bits per heavy atom. The molecule has 0 saturated carbocycles. The van der Waals surface area contributed by atoms with Gasteiger partial charge in [-0.3, -0.25) is 4.79 Å². The molecule has 0 spiro atoms. The Bertz CT molecular complexity index is 1030. The number of carbonyl (C=O) groups is 3. The number of nitrogens with one attached hydrogen (secondary N) is 2. The molecule has 1 heterocycles. The average molecular weight is 502 g/mol. The van der Waals surface area contributed by atoms with Crippen molar-refractivity contribution in [2.45, 2.75) is 13.0 Å². The molecule has 1 aliphatic rings. The minimum absolute atomic E-state index is 0.109. The van der Waals surface area contributed by atoms with Crippen LogP contribution in [0.4, 0.5) is 10.5 Å². The van der Waals surface area contributed by atoms with Gasteiger partial charge in [-0.15, -0.1) is 0 Å². The number of amides is 3. The number of hydrogen-bond acceptors (Lipinski definition) is 5. The SMILES string of the molecule is COCCOC(=O)C1=C(C)N(C)C(=O)NC1c1ccc(NC(=O)c2ccc(Br)cc2)cc1. The van der Waals surface area contributed by atoms with E-state index in [0.29, 0.717) is 28.1 Å². The second-order valence-electron chi connectivity index (χ2n) is 7.15. The predicted octanol–water partition coefficient (Wildman–Crippen LogP) is 3.86. The van der Waals surface area contributed by atoms with Crippen molar-refractivity contribution in [3.05, 3.63) is 75.4 Å². The maximum absolute atomic E-state index is 12.7. The van der Waals surface area contributed by atoms with Crippen molar-refractivity contribution in [1.29, 1.82) is 0 Å². The Kier molecular flexibility index (Phi) is 7.66. The van der Waals surface area contributed by atoms with E-state index in [1.165, 1.54) is 12.0 Å². The third kappa shape index (κ3) is 5.35. The number of anilines is 1. The summed E-state index contributed by atoms with van der Waals surface area (Å²) in [6.07, 6.45) is 0. The smallest absolute Gasteiger partial charge is 0.338 e. The molecule has 0 radical (unpaired) electrons.